The Morgan fingerprint density at radius 3 is 1.76 bits per heavy atom. The van der Waals surface area contributed by atoms with E-state index in [0.717, 1.165) is 18.2 Å². The maximum Gasteiger partial charge on any atom is 0.338 e. The SMILES string of the molecule is CCCC[N+](CC)(CCCC)CCCC.O=C(O)c1cc(C(=O)OCCOCCO)cc(S(=O)(=O)O)c1. The summed E-state index contributed by atoms with van der Waals surface area (Å²) in [6, 6.07) is 2.45. The molecule has 214 valence electrons. The van der Waals surface area contributed by atoms with Crippen LogP contribution >= 0.6 is 0 Å². The summed E-state index contributed by atoms with van der Waals surface area (Å²) < 4.78 is 42.1. The number of carboxylic acids is 1. The van der Waals surface area contributed by atoms with E-state index in [9.17, 15) is 18.0 Å². The average molecular weight is 549 g/mol. The summed E-state index contributed by atoms with van der Waals surface area (Å²) in [6.45, 7) is 14.6. The van der Waals surface area contributed by atoms with E-state index in [-0.39, 0.29) is 32.0 Å². The molecular formula is C26H46NO9S+. The number of benzene rings is 1. The minimum absolute atomic E-state index is 0.01000. The predicted molar refractivity (Wildman–Crippen MR) is 142 cm³/mol. The molecule has 37 heavy (non-hydrogen) atoms. The monoisotopic (exact) mass is 548 g/mol. The summed E-state index contributed by atoms with van der Waals surface area (Å²) in [5, 5.41) is 17.4. The Balaban J connectivity index is 0.000000757. The van der Waals surface area contributed by atoms with Gasteiger partial charge in [0.25, 0.3) is 10.1 Å². The average Bonchev–Trinajstić information content (AvgIpc) is 2.88. The Morgan fingerprint density at radius 2 is 1.35 bits per heavy atom. The number of esters is 1. The van der Waals surface area contributed by atoms with Gasteiger partial charge >= 0.3 is 11.9 Å². The number of aliphatic hydroxyl groups excluding tert-OH is 1. The number of ether oxygens (including phenoxy) is 2. The van der Waals surface area contributed by atoms with Crippen molar-refractivity contribution in [2.24, 2.45) is 0 Å². The second-order valence-electron chi connectivity index (χ2n) is 8.89. The van der Waals surface area contributed by atoms with Crippen molar-refractivity contribution in [3.8, 4) is 0 Å². The number of hydrogen-bond acceptors (Lipinski definition) is 7. The van der Waals surface area contributed by atoms with Gasteiger partial charge in [-0.25, -0.2) is 9.59 Å². The Bertz CT molecular complexity index is 882. The van der Waals surface area contributed by atoms with Gasteiger partial charge in [0.1, 0.15) is 6.61 Å². The fourth-order valence-corrected chi connectivity index (χ4v) is 4.27. The molecule has 0 spiro atoms. The molecule has 0 aliphatic rings. The van der Waals surface area contributed by atoms with Gasteiger partial charge in [0.15, 0.2) is 0 Å². The summed E-state index contributed by atoms with van der Waals surface area (Å²) in [5.41, 5.74) is -0.826. The van der Waals surface area contributed by atoms with Crippen LogP contribution in [-0.2, 0) is 19.6 Å². The summed E-state index contributed by atoms with van der Waals surface area (Å²) in [4.78, 5) is 21.9. The molecule has 3 N–H and O–H groups in total. The van der Waals surface area contributed by atoms with Crippen molar-refractivity contribution >= 4 is 22.1 Å². The van der Waals surface area contributed by atoms with Gasteiger partial charge in [-0.2, -0.15) is 8.42 Å². The van der Waals surface area contributed by atoms with Crippen LogP contribution in [0.5, 0.6) is 0 Å². The number of carbonyl (C=O) groups excluding carboxylic acids is 1. The summed E-state index contributed by atoms with van der Waals surface area (Å²) in [6.07, 6.45) is 8.25. The van der Waals surface area contributed by atoms with Gasteiger partial charge in [0.2, 0.25) is 0 Å². The second kappa shape index (κ2) is 19.1. The lowest BCUT2D eigenvalue weighted by molar-refractivity contribution is -0.927. The van der Waals surface area contributed by atoms with E-state index in [0.29, 0.717) is 0 Å². The summed E-state index contributed by atoms with van der Waals surface area (Å²) in [5.74, 6) is -2.44. The number of unbranched alkanes of at least 4 members (excludes halogenated alkanes) is 3. The molecule has 11 heteroatoms. The van der Waals surface area contributed by atoms with Crippen molar-refractivity contribution in [2.75, 3.05) is 52.6 Å². The van der Waals surface area contributed by atoms with Crippen LogP contribution in [0.25, 0.3) is 0 Å². The van der Waals surface area contributed by atoms with E-state index in [4.69, 9.17) is 24.2 Å². The highest BCUT2D eigenvalue weighted by Crippen LogP contribution is 2.17. The van der Waals surface area contributed by atoms with Crippen LogP contribution in [-0.4, -0.2) is 92.2 Å². The van der Waals surface area contributed by atoms with Crippen LogP contribution in [0.3, 0.4) is 0 Å². The molecule has 0 aliphatic carbocycles. The maximum absolute atomic E-state index is 11.7. The molecule has 0 aromatic heterocycles. The van der Waals surface area contributed by atoms with Crippen LogP contribution in [0.15, 0.2) is 23.1 Å². The highest BCUT2D eigenvalue weighted by molar-refractivity contribution is 7.85. The molecule has 0 unspecified atom stereocenters. The van der Waals surface area contributed by atoms with E-state index in [1.54, 1.807) is 0 Å². The molecule has 0 saturated heterocycles. The molecular weight excluding hydrogens is 502 g/mol. The molecule has 0 bridgehead atoms. The molecule has 0 radical (unpaired) electrons. The molecule has 1 rings (SSSR count). The number of quaternary nitrogens is 1. The Morgan fingerprint density at radius 1 is 0.838 bits per heavy atom. The third-order valence-electron chi connectivity index (χ3n) is 6.01. The van der Waals surface area contributed by atoms with Gasteiger partial charge < -0.3 is 24.2 Å². The van der Waals surface area contributed by atoms with Crippen LogP contribution in [0.2, 0.25) is 0 Å². The van der Waals surface area contributed by atoms with Crippen molar-refractivity contribution in [1.29, 1.82) is 0 Å². The van der Waals surface area contributed by atoms with E-state index in [1.165, 1.54) is 69.2 Å². The highest BCUT2D eigenvalue weighted by Gasteiger charge is 2.23. The number of nitrogens with zero attached hydrogens (tertiary/aromatic N) is 1. The maximum atomic E-state index is 11.7. The first-order valence-corrected chi connectivity index (χ1v) is 14.5. The first kappa shape index (κ1) is 35.0. The topological polar surface area (TPSA) is 147 Å². The molecule has 1 aromatic rings. The minimum Gasteiger partial charge on any atom is -0.478 e. The lowest BCUT2D eigenvalue weighted by atomic mass is 10.1. The largest absolute Gasteiger partial charge is 0.478 e. The third-order valence-corrected chi connectivity index (χ3v) is 6.84. The van der Waals surface area contributed by atoms with Crippen LogP contribution in [0.4, 0.5) is 0 Å². The van der Waals surface area contributed by atoms with Gasteiger partial charge in [-0.1, -0.05) is 40.0 Å². The van der Waals surface area contributed by atoms with Crippen molar-refractivity contribution in [2.45, 2.75) is 71.1 Å². The van der Waals surface area contributed by atoms with Crippen LogP contribution in [0, 0.1) is 0 Å². The third kappa shape index (κ3) is 14.5. The van der Waals surface area contributed by atoms with Crippen molar-refractivity contribution in [3.63, 3.8) is 0 Å². The summed E-state index contributed by atoms with van der Waals surface area (Å²) >= 11 is 0. The zero-order valence-electron chi connectivity index (χ0n) is 22.8. The van der Waals surface area contributed by atoms with Crippen molar-refractivity contribution in [1.82, 2.24) is 0 Å². The number of hydrogen-bond donors (Lipinski definition) is 3. The van der Waals surface area contributed by atoms with Gasteiger partial charge in [-0.15, -0.1) is 0 Å². The molecule has 0 saturated carbocycles. The zero-order valence-corrected chi connectivity index (χ0v) is 23.6. The first-order valence-electron chi connectivity index (χ1n) is 13.1. The van der Waals surface area contributed by atoms with Crippen molar-refractivity contribution < 1.29 is 46.7 Å². The van der Waals surface area contributed by atoms with Crippen molar-refractivity contribution in [3.05, 3.63) is 29.3 Å². The lowest BCUT2D eigenvalue weighted by Crippen LogP contribution is -2.49. The standard InChI is InChI=1S/C14H32N.C12H14O9S/c1-5-9-12-15(8-4,13-10-6-2)14-11-7-3;13-1-2-20-3-4-21-12(16)9-5-8(11(14)15)6-10(7-9)22(17,18)19/h5-14H2,1-4H3;5-7,13H,1-4H2,(H,14,15)(H,17,18,19)/q+1;. The molecule has 1 aromatic carbocycles. The Labute approximate surface area is 221 Å². The van der Waals surface area contributed by atoms with E-state index < -0.39 is 32.5 Å². The second-order valence-corrected chi connectivity index (χ2v) is 10.3. The number of rotatable bonds is 18. The first-order chi connectivity index (χ1) is 17.5. The molecule has 10 nitrogen and oxygen atoms in total. The number of carbonyl (C=O) groups is 2. The lowest BCUT2D eigenvalue weighted by Gasteiger charge is -2.38. The Hall–Kier alpha value is -2.05. The number of aliphatic hydroxyl groups is 1. The van der Waals surface area contributed by atoms with E-state index >= 15 is 0 Å². The van der Waals surface area contributed by atoms with Gasteiger partial charge in [0.05, 0.1) is 62.0 Å². The number of aromatic carboxylic acids is 1. The van der Waals surface area contributed by atoms with Gasteiger partial charge in [-0.3, -0.25) is 4.55 Å². The summed E-state index contributed by atoms with van der Waals surface area (Å²) in [7, 11) is -4.67. The van der Waals surface area contributed by atoms with Gasteiger partial charge in [-0.05, 0) is 44.4 Å². The van der Waals surface area contributed by atoms with Crippen LogP contribution < -0.4 is 0 Å². The highest BCUT2D eigenvalue weighted by atomic mass is 32.2. The molecule has 0 atom stereocenters. The van der Waals surface area contributed by atoms with E-state index in [2.05, 4.69) is 27.7 Å². The quantitative estimate of drug-likeness (QED) is 0.107. The van der Waals surface area contributed by atoms with Gasteiger partial charge in [0, 0.05) is 0 Å². The molecule has 0 fully saturated rings. The molecule has 0 aliphatic heterocycles. The Kier molecular flexibility index (Phi) is 18.0. The zero-order chi connectivity index (χ0) is 28.3. The van der Waals surface area contributed by atoms with Crippen LogP contribution in [0.1, 0.15) is 86.9 Å². The van der Waals surface area contributed by atoms with E-state index in [1.807, 2.05) is 0 Å². The number of carboxylic acid groups (broad SMARTS) is 1. The normalized spacial score (nSPS) is 11.5. The molecule has 0 amide bonds. The fraction of sp³-hybridized carbons (Fsp3) is 0.692. The molecule has 0 heterocycles. The fourth-order valence-electron chi connectivity index (χ4n) is 3.72. The minimum atomic E-state index is -4.67. The smallest absolute Gasteiger partial charge is 0.338 e. The predicted octanol–water partition coefficient (Wildman–Crippen LogP) is 4.02.